The first kappa shape index (κ1) is 17.7. The molecule has 0 bridgehead atoms. The summed E-state index contributed by atoms with van der Waals surface area (Å²) in [5.41, 5.74) is 2.79. The average Bonchev–Trinajstić information content (AvgIpc) is 3.13. The molecule has 0 unspecified atom stereocenters. The predicted octanol–water partition coefficient (Wildman–Crippen LogP) is 3.49. The third-order valence-electron chi connectivity index (χ3n) is 5.48. The molecular weight excluding hydrogens is 339 g/mol. The van der Waals surface area contributed by atoms with Crippen LogP contribution in [-0.2, 0) is 16.4 Å². The van der Waals surface area contributed by atoms with Crippen molar-refractivity contribution in [1.29, 1.82) is 0 Å². The van der Waals surface area contributed by atoms with Gasteiger partial charge in [-0.1, -0.05) is 12.1 Å². The highest BCUT2D eigenvalue weighted by molar-refractivity contribution is 6.65. The predicted molar refractivity (Wildman–Crippen MR) is 106 cm³/mol. The molecule has 0 saturated carbocycles. The lowest BCUT2D eigenvalue weighted by Gasteiger charge is -2.32. The Morgan fingerprint density at radius 3 is 2.44 bits per heavy atom. The molecule has 136 valence electrons. The fraction of sp³-hybridized carbons (Fsp3) is 0.350. The minimum atomic E-state index is -0.497. The van der Waals surface area contributed by atoms with E-state index in [0.717, 1.165) is 21.9 Å². The van der Waals surface area contributed by atoms with Gasteiger partial charge in [0.2, 0.25) is 5.69 Å². The van der Waals surface area contributed by atoms with Gasteiger partial charge in [-0.2, -0.15) is 5.10 Å². The lowest BCUT2D eigenvalue weighted by Crippen LogP contribution is -2.41. The maximum absolute atomic E-state index is 7.62. The van der Waals surface area contributed by atoms with E-state index in [9.17, 15) is 0 Å². The van der Waals surface area contributed by atoms with Crippen LogP contribution in [0.3, 0.4) is 0 Å². The molecule has 4 rings (SSSR count). The second-order valence-electron chi connectivity index (χ2n) is 7.87. The van der Waals surface area contributed by atoms with Gasteiger partial charge in [-0.15, -0.1) is 0 Å². The first-order valence-corrected chi connectivity index (χ1v) is 8.88. The third kappa shape index (κ3) is 2.82. The zero-order valence-electron chi connectivity index (χ0n) is 16.1. The summed E-state index contributed by atoms with van der Waals surface area (Å²) in [5.74, 6) is 0. The molecule has 7 heteroatoms. The molecule has 1 aliphatic heterocycles. The van der Waals surface area contributed by atoms with E-state index >= 15 is 0 Å². The van der Waals surface area contributed by atoms with Gasteiger partial charge in [0.25, 0.3) is 0 Å². The summed E-state index contributed by atoms with van der Waals surface area (Å²) in [6.45, 7) is 15.7. The lowest BCUT2D eigenvalue weighted by molar-refractivity contribution is 0.00578. The number of pyridine rings is 1. The summed E-state index contributed by atoms with van der Waals surface area (Å²) in [7, 11) is 1.35. The number of aryl methyl sites for hydroxylation is 1. The Morgan fingerprint density at radius 2 is 1.85 bits per heavy atom. The summed E-state index contributed by atoms with van der Waals surface area (Å²) >= 11 is 0. The van der Waals surface area contributed by atoms with E-state index in [1.54, 1.807) is 10.9 Å². The maximum atomic E-state index is 7.62. The summed E-state index contributed by atoms with van der Waals surface area (Å²) in [4.78, 5) is 8.46. The van der Waals surface area contributed by atoms with E-state index in [-0.39, 0.29) is 0 Å². The van der Waals surface area contributed by atoms with Crippen molar-refractivity contribution in [1.82, 2.24) is 14.8 Å². The molecule has 1 fully saturated rings. The van der Waals surface area contributed by atoms with Crippen molar-refractivity contribution < 1.29 is 9.31 Å². The van der Waals surface area contributed by atoms with E-state index in [1.165, 1.54) is 0 Å². The molecule has 0 spiro atoms. The number of aromatic nitrogens is 3. The molecule has 0 radical (unpaired) electrons. The third-order valence-corrected chi connectivity index (χ3v) is 5.48. The van der Waals surface area contributed by atoms with Crippen LogP contribution in [0.25, 0.3) is 27.0 Å². The van der Waals surface area contributed by atoms with E-state index < -0.39 is 18.3 Å². The Morgan fingerprint density at radius 1 is 1.15 bits per heavy atom. The molecule has 0 atom stereocenters. The minimum absolute atomic E-state index is 0.425. The standard InChI is InChI=1S/C20H21BN4O2/c1-19(2)20(3,4)27-21(26-19)15-8-7-9-16-14(15)10-17(22-5)18(24-16)13-11-23-25(6)12-13/h7-12H,1-4,6H3. The summed E-state index contributed by atoms with van der Waals surface area (Å²) in [6.07, 6.45) is 3.59. The number of rotatable bonds is 2. The van der Waals surface area contributed by atoms with Gasteiger partial charge in [0, 0.05) is 18.8 Å². The minimum Gasteiger partial charge on any atom is -0.399 e. The first-order valence-electron chi connectivity index (χ1n) is 8.88. The lowest BCUT2D eigenvalue weighted by atomic mass is 9.76. The van der Waals surface area contributed by atoms with Gasteiger partial charge in [-0.25, -0.2) is 4.85 Å². The van der Waals surface area contributed by atoms with Gasteiger partial charge < -0.3 is 9.31 Å². The van der Waals surface area contributed by atoms with E-state index in [4.69, 9.17) is 20.9 Å². The van der Waals surface area contributed by atoms with Crippen molar-refractivity contribution in [2.24, 2.45) is 7.05 Å². The quantitative estimate of drug-likeness (QED) is 0.519. The molecular formula is C20H21BN4O2. The van der Waals surface area contributed by atoms with Crippen LogP contribution in [0.4, 0.5) is 5.69 Å². The summed E-state index contributed by atoms with van der Waals surface area (Å²) in [6, 6.07) is 7.74. The van der Waals surface area contributed by atoms with Crippen molar-refractivity contribution in [2.75, 3.05) is 0 Å². The van der Waals surface area contributed by atoms with Crippen LogP contribution in [0.5, 0.6) is 0 Å². The number of fused-ring (bicyclic) bond motifs is 1. The highest BCUT2D eigenvalue weighted by Crippen LogP contribution is 2.37. The van der Waals surface area contributed by atoms with Gasteiger partial charge in [0.1, 0.15) is 0 Å². The van der Waals surface area contributed by atoms with E-state index in [0.29, 0.717) is 11.4 Å². The molecule has 1 aliphatic rings. The molecule has 3 heterocycles. The Bertz CT molecular complexity index is 1070. The Labute approximate surface area is 159 Å². The second-order valence-corrected chi connectivity index (χ2v) is 7.87. The first-order chi connectivity index (χ1) is 12.7. The van der Waals surface area contributed by atoms with Crippen LogP contribution in [0.1, 0.15) is 27.7 Å². The van der Waals surface area contributed by atoms with Gasteiger partial charge in [-0.05, 0) is 50.7 Å². The van der Waals surface area contributed by atoms with Crippen LogP contribution in [0.2, 0.25) is 0 Å². The molecule has 0 amide bonds. The van der Waals surface area contributed by atoms with Gasteiger partial charge in [0.05, 0.1) is 35.2 Å². The van der Waals surface area contributed by atoms with E-state index in [1.807, 2.05) is 65.2 Å². The van der Waals surface area contributed by atoms with Crippen LogP contribution >= 0.6 is 0 Å². The zero-order chi connectivity index (χ0) is 19.4. The molecule has 0 N–H and O–H groups in total. The fourth-order valence-corrected chi connectivity index (χ4v) is 3.22. The van der Waals surface area contributed by atoms with Crippen LogP contribution in [0, 0.1) is 6.57 Å². The smallest absolute Gasteiger partial charge is 0.399 e. The van der Waals surface area contributed by atoms with Gasteiger partial charge in [0.15, 0.2) is 0 Å². The molecule has 6 nitrogen and oxygen atoms in total. The summed E-state index contributed by atoms with van der Waals surface area (Å²) in [5, 5.41) is 5.06. The van der Waals surface area contributed by atoms with Crippen molar-refractivity contribution in [3.8, 4) is 11.3 Å². The van der Waals surface area contributed by atoms with Crippen LogP contribution in [0.15, 0.2) is 36.7 Å². The molecule has 1 aromatic carbocycles. The highest BCUT2D eigenvalue weighted by atomic mass is 16.7. The summed E-state index contributed by atoms with van der Waals surface area (Å²) < 4.78 is 14.1. The molecule has 1 saturated heterocycles. The topological polar surface area (TPSA) is 53.5 Å². The largest absolute Gasteiger partial charge is 0.495 e. The van der Waals surface area contributed by atoms with Gasteiger partial charge in [-0.3, -0.25) is 9.67 Å². The number of nitrogens with zero attached hydrogens (tertiary/aromatic N) is 4. The van der Waals surface area contributed by atoms with Crippen molar-refractivity contribution in [2.45, 2.75) is 38.9 Å². The highest BCUT2D eigenvalue weighted by Gasteiger charge is 2.52. The zero-order valence-corrected chi connectivity index (χ0v) is 16.1. The van der Waals surface area contributed by atoms with E-state index in [2.05, 4.69) is 9.94 Å². The fourth-order valence-electron chi connectivity index (χ4n) is 3.22. The normalized spacial score (nSPS) is 18.0. The number of benzene rings is 1. The SMILES string of the molecule is [C-]#[N+]c1cc2c(B3OC(C)(C)C(C)(C)O3)cccc2nc1-c1cnn(C)c1. The average molecular weight is 360 g/mol. The molecule has 0 aliphatic carbocycles. The van der Waals surface area contributed by atoms with Crippen molar-refractivity contribution >= 4 is 29.2 Å². The Hall–Kier alpha value is -2.69. The Balaban J connectivity index is 1.87. The van der Waals surface area contributed by atoms with Crippen LogP contribution in [-0.4, -0.2) is 33.1 Å². The molecule has 2 aromatic heterocycles. The number of hydrogen-bond acceptors (Lipinski definition) is 4. The molecule has 27 heavy (non-hydrogen) atoms. The van der Waals surface area contributed by atoms with Gasteiger partial charge >= 0.3 is 7.12 Å². The van der Waals surface area contributed by atoms with Crippen molar-refractivity contribution in [3.63, 3.8) is 0 Å². The number of hydrogen-bond donors (Lipinski definition) is 0. The van der Waals surface area contributed by atoms with Crippen LogP contribution < -0.4 is 5.46 Å². The Kier molecular flexibility index (Phi) is 3.88. The molecule has 3 aromatic rings. The van der Waals surface area contributed by atoms with Crippen molar-refractivity contribution in [3.05, 3.63) is 48.1 Å². The second kappa shape index (κ2) is 5.91. The maximum Gasteiger partial charge on any atom is 0.495 e. The monoisotopic (exact) mass is 360 g/mol.